The van der Waals surface area contributed by atoms with Gasteiger partial charge in [-0.1, -0.05) is 23.2 Å². The van der Waals surface area contributed by atoms with E-state index < -0.39 is 5.91 Å². The Kier molecular flexibility index (Phi) is 6.39. The second-order valence-corrected chi connectivity index (χ2v) is 7.94. The van der Waals surface area contributed by atoms with Crippen LogP contribution in [0.5, 0.6) is 0 Å². The molecule has 0 unspecified atom stereocenters. The predicted molar refractivity (Wildman–Crippen MR) is 109 cm³/mol. The fourth-order valence-corrected chi connectivity index (χ4v) is 3.40. The predicted octanol–water partition coefficient (Wildman–Crippen LogP) is 4.38. The number of hydrogen-bond donors (Lipinski definition) is 1. The second kappa shape index (κ2) is 8.77. The highest BCUT2D eigenvalue weighted by Gasteiger charge is 2.13. The Balaban J connectivity index is 1.79. The third-order valence-corrected chi connectivity index (χ3v) is 5.19. The highest BCUT2D eigenvalue weighted by Crippen LogP contribution is 2.22. The number of thiazole rings is 1. The van der Waals surface area contributed by atoms with Crippen molar-refractivity contribution in [2.75, 3.05) is 0 Å². The molecule has 3 aromatic rings. The number of amides is 2. The number of carbonyl (C=O) groups is 2. The summed E-state index contributed by atoms with van der Waals surface area (Å²) in [5.41, 5.74) is 0.347. The number of benzene rings is 1. The summed E-state index contributed by atoms with van der Waals surface area (Å²) in [6.07, 6.45) is 1.79. The van der Waals surface area contributed by atoms with E-state index in [1.54, 1.807) is 35.0 Å². The van der Waals surface area contributed by atoms with E-state index in [2.05, 4.69) is 10.3 Å². The van der Waals surface area contributed by atoms with E-state index >= 15 is 0 Å². The highest BCUT2D eigenvalue weighted by molar-refractivity contribution is 7.07. The van der Waals surface area contributed by atoms with Crippen LogP contribution in [0.15, 0.2) is 51.3 Å². The molecule has 0 fully saturated rings. The van der Waals surface area contributed by atoms with Crippen molar-refractivity contribution in [2.45, 2.75) is 26.4 Å². The van der Waals surface area contributed by atoms with Crippen molar-refractivity contribution in [1.29, 1.82) is 0 Å². The number of rotatable bonds is 5. The molecule has 1 aromatic carbocycles. The molecule has 2 aromatic heterocycles. The molecule has 1 N–H and O–H groups in total. The lowest BCUT2D eigenvalue weighted by Gasteiger charge is -2.05. The first-order valence-corrected chi connectivity index (χ1v) is 10.0. The lowest BCUT2D eigenvalue weighted by molar-refractivity contribution is 0.0912. The minimum atomic E-state index is -0.425. The number of furan rings is 1. The van der Waals surface area contributed by atoms with Gasteiger partial charge in [0.1, 0.15) is 5.76 Å². The van der Waals surface area contributed by atoms with Gasteiger partial charge in [0.05, 0.1) is 16.6 Å². The van der Waals surface area contributed by atoms with Crippen molar-refractivity contribution in [3.8, 4) is 0 Å². The molecule has 0 aliphatic carbocycles. The molecule has 3 rings (SSSR count). The average molecular weight is 438 g/mol. The van der Waals surface area contributed by atoms with Gasteiger partial charge in [-0.05, 0) is 44.2 Å². The zero-order valence-corrected chi connectivity index (χ0v) is 17.4. The van der Waals surface area contributed by atoms with Crippen molar-refractivity contribution in [3.05, 3.63) is 73.8 Å². The molecule has 2 amide bonds. The van der Waals surface area contributed by atoms with E-state index in [-0.39, 0.29) is 17.7 Å². The molecule has 28 heavy (non-hydrogen) atoms. The second-order valence-electron chi connectivity index (χ2n) is 6.25. The van der Waals surface area contributed by atoms with Crippen LogP contribution in [0.4, 0.5) is 0 Å². The van der Waals surface area contributed by atoms with E-state index in [1.165, 1.54) is 17.4 Å². The molecule has 6 nitrogen and oxygen atoms in total. The van der Waals surface area contributed by atoms with E-state index in [0.717, 1.165) is 0 Å². The lowest BCUT2D eigenvalue weighted by Crippen LogP contribution is -2.29. The third kappa shape index (κ3) is 4.92. The molecule has 0 aliphatic heterocycles. The van der Waals surface area contributed by atoms with Gasteiger partial charge in [0, 0.05) is 23.2 Å². The zero-order valence-electron chi connectivity index (χ0n) is 15.1. The number of aromatic nitrogens is 1. The number of halogens is 2. The van der Waals surface area contributed by atoms with Crippen LogP contribution < -0.4 is 10.1 Å². The zero-order chi connectivity index (χ0) is 20.3. The monoisotopic (exact) mass is 437 g/mol. The SMILES string of the molecule is CC(C)NC(=O)c1ccc(Cn2ccsc2=NC(=O)c2ccc(Cl)c(Cl)c2)o1. The van der Waals surface area contributed by atoms with Gasteiger partial charge >= 0.3 is 0 Å². The fourth-order valence-electron chi connectivity index (χ4n) is 2.37. The van der Waals surface area contributed by atoms with Gasteiger partial charge in [0.25, 0.3) is 11.8 Å². The maximum absolute atomic E-state index is 12.4. The number of nitrogens with one attached hydrogen (secondary N) is 1. The molecule has 2 heterocycles. The summed E-state index contributed by atoms with van der Waals surface area (Å²) in [6.45, 7) is 4.09. The Hall–Kier alpha value is -2.35. The van der Waals surface area contributed by atoms with Crippen LogP contribution in [0.1, 0.15) is 40.5 Å². The van der Waals surface area contributed by atoms with E-state index in [4.69, 9.17) is 27.6 Å². The number of hydrogen-bond acceptors (Lipinski definition) is 4. The van der Waals surface area contributed by atoms with Gasteiger partial charge in [0.2, 0.25) is 0 Å². The van der Waals surface area contributed by atoms with Gasteiger partial charge < -0.3 is 14.3 Å². The first kappa shape index (κ1) is 20.4. The summed E-state index contributed by atoms with van der Waals surface area (Å²) >= 11 is 13.2. The molecular weight excluding hydrogens is 421 g/mol. The molecule has 0 aliphatic rings. The molecule has 0 saturated carbocycles. The van der Waals surface area contributed by atoms with Gasteiger partial charge in [-0.2, -0.15) is 4.99 Å². The summed E-state index contributed by atoms with van der Waals surface area (Å²) < 4.78 is 7.37. The molecule has 9 heteroatoms. The third-order valence-electron chi connectivity index (χ3n) is 3.66. The highest BCUT2D eigenvalue weighted by atomic mass is 35.5. The average Bonchev–Trinajstić information content (AvgIpc) is 3.27. The van der Waals surface area contributed by atoms with Crippen LogP contribution in [0.3, 0.4) is 0 Å². The van der Waals surface area contributed by atoms with Crippen LogP contribution in [-0.4, -0.2) is 22.4 Å². The van der Waals surface area contributed by atoms with Gasteiger partial charge in [-0.3, -0.25) is 9.59 Å². The van der Waals surface area contributed by atoms with Gasteiger partial charge in [0.15, 0.2) is 10.6 Å². The molecule has 0 atom stereocenters. The molecular formula is C19H17Cl2N3O3S. The standard InChI is InChI=1S/C19H17Cl2N3O3S/c1-11(2)22-18(26)16-6-4-13(27-16)10-24-7-8-28-19(24)23-17(25)12-3-5-14(20)15(21)9-12/h3-9,11H,10H2,1-2H3,(H,22,26). The normalized spacial score (nSPS) is 11.8. The smallest absolute Gasteiger partial charge is 0.287 e. The van der Waals surface area contributed by atoms with E-state index in [1.807, 2.05) is 19.2 Å². The molecule has 0 bridgehead atoms. The summed E-state index contributed by atoms with van der Waals surface area (Å²) in [5.74, 6) is 0.128. The first-order chi connectivity index (χ1) is 13.3. The fraction of sp³-hybridized carbons (Fsp3) is 0.211. The van der Waals surface area contributed by atoms with Crippen LogP contribution in [0, 0.1) is 0 Å². The van der Waals surface area contributed by atoms with Gasteiger partial charge in [-0.15, -0.1) is 11.3 Å². The van der Waals surface area contributed by atoms with Crippen LogP contribution in [0.25, 0.3) is 0 Å². The maximum Gasteiger partial charge on any atom is 0.287 e. The molecule has 0 saturated heterocycles. The van der Waals surface area contributed by atoms with Crippen molar-refractivity contribution in [1.82, 2.24) is 9.88 Å². The van der Waals surface area contributed by atoms with Crippen molar-refractivity contribution >= 4 is 46.4 Å². The Bertz CT molecular complexity index is 1080. The van der Waals surface area contributed by atoms with Gasteiger partial charge in [-0.25, -0.2) is 0 Å². The minimum Gasteiger partial charge on any atom is -0.454 e. The topological polar surface area (TPSA) is 76.6 Å². The Morgan fingerprint density at radius 3 is 2.71 bits per heavy atom. The van der Waals surface area contributed by atoms with Crippen LogP contribution in [0.2, 0.25) is 10.0 Å². The maximum atomic E-state index is 12.4. The Morgan fingerprint density at radius 2 is 2.00 bits per heavy atom. The van der Waals surface area contributed by atoms with Crippen molar-refractivity contribution in [2.24, 2.45) is 4.99 Å². The molecule has 0 spiro atoms. The van der Waals surface area contributed by atoms with Crippen LogP contribution in [-0.2, 0) is 6.54 Å². The Labute approximate surface area is 175 Å². The van der Waals surface area contributed by atoms with E-state index in [9.17, 15) is 9.59 Å². The summed E-state index contributed by atoms with van der Waals surface area (Å²) in [7, 11) is 0. The quantitative estimate of drug-likeness (QED) is 0.643. The molecule has 146 valence electrons. The summed E-state index contributed by atoms with van der Waals surface area (Å²) in [6, 6.07) is 7.98. The van der Waals surface area contributed by atoms with Crippen molar-refractivity contribution < 1.29 is 14.0 Å². The largest absolute Gasteiger partial charge is 0.454 e. The first-order valence-electron chi connectivity index (χ1n) is 8.41. The van der Waals surface area contributed by atoms with Crippen LogP contribution >= 0.6 is 34.5 Å². The summed E-state index contributed by atoms with van der Waals surface area (Å²) in [4.78, 5) is 29.1. The molecule has 0 radical (unpaired) electrons. The number of carbonyl (C=O) groups excluding carboxylic acids is 2. The summed E-state index contributed by atoms with van der Waals surface area (Å²) in [5, 5.41) is 5.26. The lowest BCUT2D eigenvalue weighted by atomic mass is 10.2. The number of nitrogens with zero attached hydrogens (tertiary/aromatic N) is 2. The minimum absolute atomic E-state index is 0.0186. The van der Waals surface area contributed by atoms with Crippen molar-refractivity contribution in [3.63, 3.8) is 0 Å². The van der Waals surface area contributed by atoms with E-state index in [0.29, 0.717) is 32.7 Å². The Morgan fingerprint density at radius 1 is 1.21 bits per heavy atom.